The molecule has 0 aromatic rings. The first-order chi connectivity index (χ1) is 8.95. The van der Waals surface area contributed by atoms with Gasteiger partial charge in [0.05, 0.1) is 13.2 Å². The van der Waals surface area contributed by atoms with Gasteiger partial charge in [0.25, 0.3) is 0 Å². The molecule has 2 heterocycles. The maximum atomic E-state index is 11.0. The Balaban J connectivity index is 2.22. The van der Waals surface area contributed by atoms with Crippen molar-refractivity contribution >= 4 is 5.91 Å². The van der Waals surface area contributed by atoms with Crippen molar-refractivity contribution in [2.75, 3.05) is 13.2 Å². The van der Waals surface area contributed by atoms with Crippen molar-refractivity contribution in [1.82, 2.24) is 10.2 Å². The van der Waals surface area contributed by atoms with Crippen molar-refractivity contribution in [2.45, 2.75) is 30.4 Å². The number of ether oxygens (including phenoxy) is 1. The minimum absolute atomic E-state index is 0.521. The lowest BCUT2D eigenvalue weighted by Crippen LogP contribution is -2.55. The molecular weight excluding hydrogens is 260 g/mol. The molecule has 4 atom stereocenters. The van der Waals surface area contributed by atoms with Crippen molar-refractivity contribution in [3.63, 3.8) is 0 Å². The van der Waals surface area contributed by atoms with Crippen LogP contribution < -0.4 is 5.32 Å². The smallest absolute Gasteiger partial charge is 0.248 e. The van der Waals surface area contributed by atoms with Gasteiger partial charge in [-0.1, -0.05) is 0 Å². The number of hydrogen-bond acceptors (Lipinski definition) is 8. The molecule has 19 heavy (non-hydrogen) atoms. The molecule has 6 N–H and O–H groups in total. The van der Waals surface area contributed by atoms with Crippen LogP contribution in [0.5, 0.6) is 0 Å². The second kappa shape index (κ2) is 5.04. The van der Waals surface area contributed by atoms with Crippen LogP contribution in [0.4, 0.5) is 0 Å². The maximum absolute atomic E-state index is 11.0. The van der Waals surface area contributed by atoms with Gasteiger partial charge < -0.3 is 40.5 Å². The Bertz CT molecular complexity index is 384. The molecule has 0 saturated carbocycles. The highest BCUT2D eigenvalue weighted by atomic mass is 16.6. The van der Waals surface area contributed by atoms with E-state index in [0.717, 1.165) is 11.0 Å². The monoisotopic (exact) mass is 276 g/mol. The predicted octanol–water partition coefficient (Wildman–Crippen LogP) is -3.99. The average molecular weight is 276 g/mol. The molecule has 0 radical (unpaired) electrons. The number of carbonyl (C=O) groups is 1. The van der Waals surface area contributed by atoms with Crippen molar-refractivity contribution in [3.05, 3.63) is 12.3 Å². The number of amides is 1. The highest BCUT2D eigenvalue weighted by molar-refractivity contribution is 5.88. The van der Waals surface area contributed by atoms with E-state index in [1.807, 2.05) is 0 Å². The van der Waals surface area contributed by atoms with E-state index in [1.54, 1.807) is 0 Å². The lowest BCUT2D eigenvalue weighted by molar-refractivity contribution is -0.186. The van der Waals surface area contributed by atoms with Gasteiger partial charge in [-0.3, -0.25) is 4.79 Å². The van der Waals surface area contributed by atoms with Crippen molar-refractivity contribution in [3.8, 4) is 0 Å². The highest BCUT2D eigenvalue weighted by Crippen LogP contribution is 2.33. The molecule has 1 amide bonds. The molecule has 9 nitrogen and oxygen atoms in total. The van der Waals surface area contributed by atoms with Gasteiger partial charge in [-0.05, 0) is 0 Å². The number of rotatable bonds is 3. The third-order valence-electron chi connectivity index (χ3n) is 3.29. The average Bonchev–Trinajstić information content (AvgIpc) is 2.64. The zero-order valence-electron chi connectivity index (χ0n) is 9.88. The molecule has 108 valence electrons. The van der Waals surface area contributed by atoms with Crippen LogP contribution in [0.3, 0.4) is 0 Å². The number of aliphatic hydroxyl groups is 5. The predicted molar refractivity (Wildman–Crippen MR) is 58.9 cm³/mol. The molecule has 1 saturated heterocycles. The topological polar surface area (TPSA) is 143 Å². The van der Waals surface area contributed by atoms with Crippen LogP contribution in [0.25, 0.3) is 0 Å². The first kappa shape index (κ1) is 14.2. The van der Waals surface area contributed by atoms with Crippen LogP contribution in [0.15, 0.2) is 12.3 Å². The summed E-state index contributed by atoms with van der Waals surface area (Å²) in [5, 5.41) is 50.0. The summed E-state index contributed by atoms with van der Waals surface area (Å²) in [6.45, 7) is -1.42. The van der Waals surface area contributed by atoms with Crippen LogP contribution >= 0.6 is 0 Å². The Labute approximate surface area is 108 Å². The molecule has 2 aliphatic rings. The van der Waals surface area contributed by atoms with Gasteiger partial charge in [0.15, 0.2) is 6.23 Å². The fraction of sp³-hybridized carbons (Fsp3) is 0.700. The van der Waals surface area contributed by atoms with Crippen molar-refractivity contribution in [1.29, 1.82) is 0 Å². The van der Waals surface area contributed by atoms with Crippen molar-refractivity contribution in [2.24, 2.45) is 0 Å². The van der Waals surface area contributed by atoms with E-state index in [9.17, 15) is 30.3 Å². The number of aliphatic hydroxyl groups excluding tert-OH is 5. The molecule has 9 heteroatoms. The zero-order chi connectivity index (χ0) is 14.2. The van der Waals surface area contributed by atoms with E-state index < -0.39 is 49.5 Å². The van der Waals surface area contributed by atoms with Gasteiger partial charge in [0.2, 0.25) is 12.3 Å². The van der Waals surface area contributed by atoms with Crippen LogP contribution in [0.2, 0.25) is 0 Å². The van der Waals surface area contributed by atoms with E-state index in [4.69, 9.17) is 4.74 Å². The first-order valence-corrected chi connectivity index (χ1v) is 5.65. The third kappa shape index (κ3) is 2.20. The van der Waals surface area contributed by atoms with Crippen LogP contribution in [0.1, 0.15) is 0 Å². The van der Waals surface area contributed by atoms with Gasteiger partial charge in [-0.15, -0.1) is 0 Å². The van der Waals surface area contributed by atoms with E-state index in [-0.39, 0.29) is 0 Å². The number of nitrogens with zero attached hydrogens (tertiary/aromatic N) is 1. The molecule has 0 bridgehead atoms. The second-order valence-corrected chi connectivity index (χ2v) is 4.47. The normalized spacial score (nSPS) is 37.5. The summed E-state index contributed by atoms with van der Waals surface area (Å²) in [7, 11) is 0. The van der Waals surface area contributed by atoms with Crippen LogP contribution in [-0.4, -0.2) is 79.9 Å². The summed E-state index contributed by atoms with van der Waals surface area (Å²) in [6, 6.07) is 0. The fourth-order valence-corrected chi connectivity index (χ4v) is 2.11. The third-order valence-corrected chi connectivity index (χ3v) is 3.29. The molecule has 1 fully saturated rings. The Kier molecular flexibility index (Phi) is 3.76. The summed E-state index contributed by atoms with van der Waals surface area (Å²) in [4.78, 5) is 12.1. The number of nitrogens with one attached hydrogen (secondary N) is 1. The Morgan fingerprint density at radius 2 is 1.95 bits per heavy atom. The van der Waals surface area contributed by atoms with E-state index in [2.05, 4.69) is 5.32 Å². The first-order valence-electron chi connectivity index (χ1n) is 5.65. The van der Waals surface area contributed by atoms with Gasteiger partial charge in [-0.25, -0.2) is 0 Å². The SMILES string of the molecule is O=C1C=CN([C@@H]2OC(CO)(CO)[C@H](O)[C@H]2O)C(O)N1. The standard InChI is InChI=1S/C10H16N2O7/c13-3-10(4-14)7(17)6(16)8(19-10)12-2-1-5(15)11-9(12)18/h1-2,6-9,13-14,16-18H,3-4H2,(H,11,15)/t6-,7-,8-,9?/m1/s1. The Morgan fingerprint density at radius 3 is 2.42 bits per heavy atom. The molecule has 2 aliphatic heterocycles. The van der Waals surface area contributed by atoms with E-state index >= 15 is 0 Å². The number of hydrogen-bond donors (Lipinski definition) is 6. The van der Waals surface area contributed by atoms with Gasteiger partial charge in [-0.2, -0.15) is 0 Å². The lowest BCUT2D eigenvalue weighted by atomic mass is 9.97. The zero-order valence-corrected chi connectivity index (χ0v) is 9.88. The summed E-state index contributed by atoms with van der Waals surface area (Å²) in [6.07, 6.45) is -3.39. The largest absolute Gasteiger partial charge is 0.393 e. The molecule has 0 aromatic carbocycles. The summed E-state index contributed by atoms with van der Waals surface area (Å²) < 4.78 is 5.28. The molecule has 0 aromatic heterocycles. The second-order valence-electron chi connectivity index (χ2n) is 4.47. The molecule has 0 spiro atoms. The summed E-state index contributed by atoms with van der Waals surface area (Å²) >= 11 is 0. The Hall–Kier alpha value is -1.23. The molecular formula is C10H16N2O7. The highest BCUT2D eigenvalue weighted by Gasteiger charge is 2.56. The van der Waals surface area contributed by atoms with Crippen molar-refractivity contribution < 1.29 is 35.1 Å². The van der Waals surface area contributed by atoms with Crippen LogP contribution in [-0.2, 0) is 9.53 Å². The van der Waals surface area contributed by atoms with Gasteiger partial charge >= 0.3 is 0 Å². The maximum Gasteiger partial charge on any atom is 0.248 e. The van der Waals surface area contributed by atoms with Gasteiger partial charge in [0, 0.05) is 12.3 Å². The summed E-state index contributed by atoms with van der Waals surface area (Å²) in [5.74, 6) is -0.521. The minimum Gasteiger partial charge on any atom is -0.393 e. The molecule has 1 unspecified atom stereocenters. The fourth-order valence-electron chi connectivity index (χ4n) is 2.11. The van der Waals surface area contributed by atoms with Gasteiger partial charge in [0.1, 0.15) is 17.8 Å². The molecule has 2 rings (SSSR count). The quantitative estimate of drug-likeness (QED) is 0.306. The number of carbonyl (C=O) groups excluding carboxylic acids is 1. The minimum atomic E-state index is -1.72. The summed E-state index contributed by atoms with van der Waals surface area (Å²) in [5.41, 5.74) is -1.72. The van der Waals surface area contributed by atoms with E-state index in [0.29, 0.717) is 0 Å². The van der Waals surface area contributed by atoms with E-state index in [1.165, 1.54) is 6.20 Å². The lowest BCUT2D eigenvalue weighted by Gasteiger charge is -2.35. The van der Waals surface area contributed by atoms with Crippen LogP contribution in [0, 0.1) is 0 Å². The molecule has 0 aliphatic carbocycles. The Morgan fingerprint density at radius 1 is 1.32 bits per heavy atom.